The predicted octanol–water partition coefficient (Wildman–Crippen LogP) is 9.66. The Kier molecular flexibility index (Phi) is 11.7. The predicted molar refractivity (Wildman–Crippen MR) is 178 cm³/mol. The van der Waals surface area contributed by atoms with Gasteiger partial charge in [-0.1, -0.05) is 92.9 Å². The van der Waals surface area contributed by atoms with Gasteiger partial charge in [0.15, 0.2) is 5.78 Å². The summed E-state index contributed by atoms with van der Waals surface area (Å²) in [7, 11) is 0. The fourth-order valence-corrected chi connectivity index (χ4v) is 7.27. The number of hydrogen-bond acceptors (Lipinski definition) is 3. The average molecular weight is 579 g/mol. The summed E-state index contributed by atoms with van der Waals surface area (Å²) in [5.41, 5.74) is 9.53. The Morgan fingerprint density at radius 2 is 1.47 bits per heavy atom. The Balaban J connectivity index is 1.47. The van der Waals surface area contributed by atoms with E-state index in [1.54, 1.807) is 0 Å². The van der Waals surface area contributed by atoms with Crippen molar-refractivity contribution in [2.45, 2.75) is 105 Å². The maximum Gasteiger partial charge on any atom is 0.163 e. The molecule has 0 heterocycles. The average Bonchev–Trinajstić information content (AvgIpc) is 2.97. The van der Waals surface area contributed by atoms with Gasteiger partial charge in [-0.25, -0.2) is 0 Å². The zero-order valence-electron chi connectivity index (χ0n) is 27.0. The van der Waals surface area contributed by atoms with E-state index in [4.69, 9.17) is 0 Å². The molecule has 0 N–H and O–H groups in total. The molecule has 4 rings (SSSR count). The lowest BCUT2D eigenvalue weighted by Gasteiger charge is -2.32. The summed E-state index contributed by atoms with van der Waals surface area (Å²) in [4.78, 5) is 38.3. The van der Waals surface area contributed by atoms with Gasteiger partial charge in [0.2, 0.25) is 0 Å². The highest BCUT2D eigenvalue weighted by atomic mass is 16.1. The van der Waals surface area contributed by atoms with Gasteiger partial charge in [0.25, 0.3) is 0 Å². The standard InChI is InChI=1S/C40H50O3/c1-6-10-34(35(7-2)38(42)23-29(5)41)24-32-25-37-36(22-15-28(4)40(37)39(43)26-32)33-20-18-31(19-21-33)12-9-8-11-30-16-13-27(3)14-17-30/h13-22,32,34-35H,6-12,23-26H2,1-5H3. The van der Waals surface area contributed by atoms with Crippen LogP contribution in [0.3, 0.4) is 0 Å². The zero-order valence-corrected chi connectivity index (χ0v) is 27.0. The minimum absolute atomic E-state index is 0.0250. The molecule has 0 spiro atoms. The lowest BCUT2D eigenvalue weighted by atomic mass is 9.71. The number of carbonyl (C=O) groups excluding carboxylic acids is 3. The molecule has 1 aliphatic rings. The molecule has 0 saturated carbocycles. The number of rotatable bonds is 15. The number of Topliss-reactive ketones (excluding diaryl/α,β-unsaturated/α-hetero) is 3. The first-order valence-corrected chi connectivity index (χ1v) is 16.5. The molecule has 0 bridgehead atoms. The molecule has 228 valence electrons. The van der Waals surface area contributed by atoms with E-state index in [2.05, 4.69) is 81.4 Å². The summed E-state index contributed by atoms with van der Waals surface area (Å²) in [6.45, 7) is 9.89. The number of unbranched alkanes of at least 4 members (excludes halogenated alkanes) is 1. The minimum atomic E-state index is -0.109. The Morgan fingerprint density at radius 1 is 0.837 bits per heavy atom. The van der Waals surface area contributed by atoms with Crippen LogP contribution in [0.2, 0.25) is 0 Å². The normalized spacial score (nSPS) is 16.0. The van der Waals surface area contributed by atoms with E-state index in [1.807, 2.05) is 6.92 Å². The molecular weight excluding hydrogens is 528 g/mol. The molecule has 3 unspecified atom stereocenters. The molecule has 3 heteroatoms. The molecule has 3 aromatic carbocycles. The van der Waals surface area contributed by atoms with Gasteiger partial charge in [-0.05, 0) is 111 Å². The second-order valence-corrected chi connectivity index (χ2v) is 13.0. The molecule has 3 atom stereocenters. The minimum Gasteiger partial charge on any atom is -0.300 e. The highest BCUT2D eigenvalue weighted by molar-refractivity contribution is 6.02. The zero-order chi connectivity index (χ0) is 30.9. The molecular formula is C40H50O3. The highest BCUT2D eigenvalue weighted by Gasteiger charge is 2.34. The van der Waals surface area contributed by atoms with Crippen LogP contribution in [-0.2, 0) is 28.9 Å². The van der Waals surface area contributed by atoms with Gasteiger partial charge in [-0.15, -0.1) is 0 Å². The maximum atomic E-state index is 13.6. The van der Waals surface area contributed by atoms with E-state index in [9.17, 15) is 14.4 Å². The van der Waals surface area contributed by atoms with Crippen LogP contribution in [0.15, 0.2) is 60.7 Å². The fraction of sp³-hybridized carbons (Fsp3) is 0.475. The second-order valence-electron chi connectivity index (χ2n) is 13.0. The Bertz CT molecular complexity index is 1400. The molecule has 43 heavy (non-hydrogen) atoms. The van der Waals surface area contributed by atoms with Crippen molar-refractivity contribution in [3.63, 3.8) is 0 Å². The molecule has 0 aliphatic heterocycles. The van der Waals surface area contributed by atoms with Gasteiger partial charge in [0.05, 0.1) is 6.42 Å². The summed E-state index contributed by atoms with van der Waals surface area (Å²) < 4.78 is 0. The summed E-state index contributed by atoms with van der Waals surface area (Å²) in [5.74, 6) is 0.552. The number of aryl methyl sites for hydroxylation is 4. The third-order valence-electron chi connectivity index (χ3n) is 9.47. The van der Waals surface area contributed by atoms with Crippen LogP contribution in [0.25, 0.3) is 11.1 Å². The van der Waals surface area contributed by atoms with Gasteiger partial charge in [-0.3, -0.25) is 14.4 Å². The summed E-state index contributed by atoms with van der Waals surface area (Å²) in [6.07, 6.45) is 9.50. The van der Waals surface area contributed by atoms with Crippen molar-refractivity contribution in [2.24, 2.45) is 17.8 Å². The molecule has 3 nitrogen and oxygen atoms in total. The molecule has 0 saturated heterocycles. The second kappa shape index (κ2) is 15.4. The van der Waals surface area contributed by atoms with Crippen molar-refractivity contribution in [1.82, 2.24) is 0 Å². The van der Waals surface area contributed by atoms with Crippen molar-refractivity contribution < 1.29 is 14.4 Å². The summed E-state index contributed by atoms with van der Waals surface area (Å²) in [5, 5.41) is 0. The van der Waals surface area contributed by atoms with Crippen LogP contribution in [0.5, 0.6) is 0 Å². The van der Waals surface area contributed by atoms with Crippen LogP contribution in [-0.4, -0.2) is 17.3 Å². The van der Waals surface area contributed by atoms with E-state index in [0.717, 1.165) is 68.1 Å². The monoisotopic (exact) mass is 578 g/mol. The van der Waals surface area contributed by atoms with E-state index in [-0.39, 0.29) is 41.5 Å². The number of hydrogen-bond donors (Lipinski definition) is 0. The van der Waals surface area contributed by atoms with E-state index in [0.29, 0.717) is 6.42 Å². The summed E-state index contributed by atoms with van der Waals surface area (Å²) in [6, 6.07) is 22.1. The number of ketones is 3. The molecule has 0 aromatic heterocycles. The first-order valence-electron chi connectivity index (χ1n) is 16.5. The Morgan fingerprint density at radius 3 is 2.05 bits per heavy atom. The van der Waals surface area contributed by atoms with Crippen molar-refractivity contribution in [3.05, 3.63) is 94.0 Å². The van der Waals surface area contributed by atoms with Gasteiger partial charge in [0, 0.05) is 17.9 Å². The van der Waals surface area contributed by atoms with Crippen molar-refractivity contribution >= 4 is 17.3 Å². The van der Waals surface area contributed by atoms with Gasteiger partial charge >= 0.3 is 0 Å². The number of carbonyl (C=O) groups is 3. The van der Waals surface area contributed by atoms with Crippen molar-refractivity contribution in [2.75, 3.05) is 0 Å². The molecule has 1 aliphatic carbocycles. The third-order valence-corrected chi connectivity index (χ3v) is 9.47. The first kappa shape index (κ1) is 32.6. The first-order chi connectivity index (χ1) is 20.7. The van der Waals surface area contributed by atoms with Gasteiger partial charge in [-0.2, -0.15) is 0 Å². The molecule has 0 fully saturated rings. The van der Waals surface area contributed by atoms with Crippen molar-refractivity contribution in [3.8, 4) is 11.1 Å². The third kappa shape index (κ3) is 8.62. The highest BCUT2D eigenvalue weighted by Crippen LogP contribution is 2.40. The maximum absolute atomic E-state index is 13.6. The van der Waals surface area contributed by atoms with E-state index in [1.165, 1.54) is 41.2 Å². The van der Waals surface area contributed by atoms with Crippen LogP contribution in [0.4, 0.5) is 0 Å². The smallest absolute Gasteiger partial charge is 0.163 e. The molecule has 3 aromatic rings. The lowest BCUT2D eigenvalue weighted by molar-refractivity contribution is -0.129. The van der Waals surface area contributed by atoms with Crippen LogP contribution in [0.1, 0.15) is 110 Å². The van der Waals surface area contributed by atoms with Gasteiger partial charge < -0.3 is 0 Å². The van der Waals surface area contributed by atoms with Crippen LogP contribution >= 0.6 is 0 Å². The molecule has 0 radical (unpaired) electrons. The topological polar surface area (TPSA) is 51.2 Å². The van der Waals surface area contributed by atoms with Crippen molar-refractivity contribution in [1.29, 1.82) is 0 Å². The Hall–Kier alpha value is -3.33. The Labute approximate surface area is 259 Å². The number of benzene rings is 3. The van der Waals surface area contributed by atoms with Gasteiger partial charge in [0.1, 0.15) is 11.6 Å². The molecule has 0 amide bonds. The largest absolute Gasteiger partial charge is 0.300 e. The SMILES string of the molecule is CCCC(CC1CC(=O)c2c(C)ccc(-c3ccc(CCCCc4ccc(C)cc4)cc3)c2C1)C(CC)C(=O)CC(C)=O. The van der Waals surface area contributed by atoms with E-state index >= 15 is 0 Å². The summed E-state index contributed by atoms with van der Waals surface area (Å²) >= 11 is 0. The number of fused-ring (bicyclic) bond motifs is 1. The lowest BCUT2D eigenvalue weighted by Crippen LogP contribution is -2.30. The van der Waals surface area contributed by atoms with Crippen LogP contribution < -0.4 is 0 Å². The quantitative estimate of drug-likeness (QED) is 0.133. The fourth-order valence-electron chi connectivity index (χ4n) is 7.27. The van der Waals surface area contributed by atoms with Crippen LogP contribution in [0, 0.1) is 31.6 Å². The van der Waals surface area contributed by atoms with E-state index < -0.39 is 0 Å².